The van der Waals surface area contributed by atoms with Crippen molar-refractivity contribution in [2.24, 2.45) is 0 Å². The van der Waals surface area contributed by atoms with Gasteiger partial charge in [-0.05, 0) is 30.7 Å². The van der Waals surface area contributed by atoms with Gasteiger partial charge in [0.15, 0.2) is 11.5 Å². The summed E-state index contributed by atoms with van der Waals surface area (Å²) in [7, 11) is 0. The number of carbonyl (C=O) groups is 2. The van der Waals surface area contributed by atoms with Gasteiger partial charge in [-0.1, -0.05) is 18.2 Å². The maximum atomic E-state index is 13.4. The molecule has 1 amide bonds. The van der Waals surface area contributed by atoms with Crippen LogP contribution in [0.15, 0.2) is 68.9 Å². The lowest BCUT2D eigenvalue weighted by atomic mass is 9.99. The molecule has 0 aliphatic carbocycles. The molecule has 5 rings (SSSR count). The highest BCUT2D eigenvalue weighted by Crippen LogP contribution is 2.39. The van der Waals surface area contributed by atoms with E-state index in [1.165, 1.54) is 11.2 Å². The summed E-state index contributed by atoms with van der Waals surface area (Å²) in [6.07, 6.45) is 2.19. The minimum atomic E-state index is -0.803. The SMILES string of the molecule is O=C(C1=C(O)C(=O)N(CCCN2CCOCC2)[C@@H]1c1ccco1)c1cc2ccccc2o1. The van der Waals surface area contributed by atoms with Crippen LogP contribution >= 0.6 is 0 Å². The van der Waals surface area contributed by atoms with Crippen molar-refractivity contribution in [1.29, 1.82) is 0 Å². The normalized spacial score (nSPS) is 19.9. The molecule has 1 saturated heterocycles. The van der Waals surface area contributed by atoms with Gasteiger partial charge in [0.05, 0.1) is 25.1 Å². The Kier molecular flexibility index (Phi) is 5.55. The number of rotatable bonds is 7. The minimum Gasteiger partial charge on any atom is -0.503 e. The van der Waals surface area contributed by atoms with E-state index in [9.17, 15) is 14.7 Å². The molecule has 1 aromatic carbocycles. The average Bonchev–Trinajstić information content (AvgIpc) is 3.54. The Morgan fingerprint density at radius 3 is 2.66 bits per heavy atom. The molecule has 8 heteroatoms. The molecule has 3 aromatic rings. The van der Waals surface area contributed by atoms with Gasteiger partial charge in [0, 0.05) is 31.6 Å². The van der Waals surface area contributed by atoms with Gasteiger partial charge in [0.1, 0.15) is 17.4 Å². The van der Waals surface area contributed by atoms with E-state index in [1.54, 1.807) is 24.3 Å². The van der Waals surface area contributed by atoms with Crippen LogP contribution in [0.25, 0.3) is 11.0 Å². The van der Waals surface area contributed by atoms with Crippen LogP contribution in [0.4, 0.5) is 0 Å². The topological polar surface area (TPSA) is 96.4 Å². The molecule has 1 N–H and O–H groups in total. The summed E-state index contributed by atoms with van der Waals surface area (Å²) in [5.74, 6) is -1.15. The van der Waals surface area contributed by atoms with Gasteiger partial charge in [-0.25, -0.2) is 0 Å². The summed E-state index contributed by atoms with van der Waals surface area (Å²) in [6, 6.07) is 11.5. The fourth-order valence-corrected chi connectivity index (χ4v) is 4.37. The Morgan fingerprint density at radius 1 is 1.09 bits per heavy atom. The van der Waals surface area contributed by atoms with Crippen molar-refractivity contribution in [3.63, 3.8) is 0 Å². The highest BCUT2D eigenvalue weighted by Gasteiger charge is 2.45. The van der Waals surface area contributed by atoms with Crippen molar-refractivity contribution < 1.29 is 28.3 Å². The molecular weight excluding hydrogens is 412 g/mol. The predicted molar refractivity (Wildman–Crippen MR) is 115 cm³/mol. The van der Waals surface area contributed by atoms with E-state index in [1.807, 2.05) is 18.2 Å². The standard InChI is InChI=1S/C24H24N2O6/c27-22(19-15-16-5-1-2-6-17(16)32-19)20-21(18-7-3-12-31-18)26(24(29)23(20)28)9-4-8-25-10-13-30-14-11-25/h1-3,5-7,12,15,21,28H,4,8-11,13-14H2/t21-/m1/s1. The number of aliphatic hydroxyl groups excluding tert-OH is 1. The van der Waals surface area contributed by atoms with Crippen LogP contribution in [0.1, 0.15) is 28.8 Å². The van der Waals surface area contributed by atoms with Crippen LogP contribution in [0.2, 0.25) is 0 Å². The van der Waals surface area contributed by atoms with Crippen LogP contribution in [-0.2, 0) is 9.53 Å². The Balaban J connectivity index is 1.41. The first kappa shape index (κ1) is 20.5. The van der Waals surface area contributed by atoms with Crippen molar-refractivity contribution in [2.75, 3.05) is 39.4 Å². The number of Topliss-reactive ketones (excluding diaryl/α,β-unsaturated/α-hetero) is 1. The zero-order valence-electron chi connectivity index (χ0n) is 17.5. The molecule has 166 valence electrons. The van der Waals surface area contributed by atoms with E-state index in [-0.39, 0.29) is 11.3 Å². The Hall–Kier alpha value is -3.36. The van der Waals surface area contributed by atoms with Gasteiger partial charge < -0.3 is 23.6 Å². The van der Waals surface area contributed by atoms with Crippen molar-refractivity contribution in [3.8, 4) is 0 Å². The molecule has 4 heterocycles. The quantitative estimate of drug-likeness (QED) is 0.568. The molecule has 1 fully saturated rings. The monoisotopic (exact) mass is 436 g/mol. The van der Waals surface area contributed by atoms with Crippen LogP contribution < -0.4 is 0 Å². The number of aliphatic hydroxyl groups is 1. The third-order valence-corrected chi connectivity index (χ3v) is 5.99. The number of benzene rings is 1. The van der Waals surface area contributed by atoms with Crippen LogP contribution in [0.3, 0.4) is 0 Å². The van der Waals surface area contributed by atoms with Crippen LogP contribution in [0, 0.1) is 0 Å². The second-order valence-corrected chi connectivity index (χ2v) is 7.96. The second kappa shape index (κ2) is 8.64. The van der Waals surface area contributed by atoms with E-state index in [4.69, 9.17) is 13.6 Å². The number of carbonyl (C=O) groups excluding carboxylic acids is 2. The van der Waals surface area contributed by atoms with E-state index in [0.29, 0.717) is 37.5 Å². The van der Waals surface area contributed by atoms with Crippen LogP contribution in [-0.4, -0.2) is 66.0 Å². The van der Waals surface area contributed by atoms with Crippen molar-refractivity contribution in [2.45, 2.75) is 12.5 Å². The fraction of sp³-hybridized carbons (Fsp3) is 0.333. The van der Waals surface area contributed by atoms with E-state index >= 15 is 0 Å². The molecule has 2 aliphatic rings. The fourth-order valence-electron chi connectivity index (χ4n) is 4.37. The minimum absolute atomic E-state index is 0.0182. The largest absolute Gasteiger partial charge is 0.503 e. The maximum absolute atomic E-state index is 13.4. The molecule has 0 unspecified atom stereocenters. The molecule has 0 radical (unpaired) electrons. The van der Waals surface area contributed by atoms with Crippen LogP contribution in [0.5, 0.6) is 0 Å². The molecule has 0 bridgehead atoms. The predicted octanol–water partition coefficient (Wildman–Crippen LogP) is 3.33. The lowest BCUT2D eigenvalue weighted by molar-refractivity contribution is -0.129. The summed E-state index contributed by atoms with van der Waals surface area (Å²) < 4.78 is 16.7. The van der Waals surface area contributed by atoms with Gasteiger partial charge in [0.25, 0.3) is 5.91 Å². The molecule has 2 aliphatic heterocycles. The molecule has 32 heavy (non-hydrogen) atoms. The van der Waals surface area contributed by atoms with Gasteiger partial charge >= 0.3 is 0 Å². The highest BCUT2D eigenvalue weighted by molar-refractivity contribution is 6.15. The Morgan fingerprint density at radius 2 is 1.91 bits per heavy atom. The summed E-state index contributed by atoms with van der Waals surface area (Å²) in [5, 5.41) is 11.5. The number of hydrogen-bond donors (Lipinski definition) is 1. The molecule has 0 saturated carbocycles. The Labute approximate surface area is 184 Å². The number of ketones is 1. The zero-order valence-corrected chi connectivity index (χ0v) is 17.5. The first-order valence-corrected chi connectivity index (χ1v) is 10.7. The number of hydrogen-bond acceptors (Lipinski definition) is 7. The average molecular weight is 436 g/mol. The summed E-state index contributed by atoms with van der Waals surface area (Å²) in [6.45, 7) is 4.30. The lowest BCUT2D eigenvalue weighted by Crippen LogP contribution is -2.39. The van der Waals surface area contributed by atoms with Gasteiger partial charge in [0.2, 0.25) is 5.78 Å². The molecule has 2 aromatic heterocycles. The zero-order chi connectivity index (χ0) is 22.1. The van der Waals surface area contributed by atoms with Gasteiger partial charge in [-0.15, -0.1) is 0 Å². The molecule has 8 nitrogen and oxygen atoms in total. The number of para-hydroxylation sites is 1. The number of nitrogens with zero attached hydrogens (tertiary/aromatic N) is 2. The van der Waals surface area contributed by atoms with Crippen molar-refractivity contribution in [1.82, 2.24) is 9.80 Å². The Bertz CT molecular complexity index is 1120. The lowest BCUT2D eigenvalue weighted by Gasteiger charge is -2.29. The summed E-state index contributed by atoms with van der Waals surface area (Å²) >= 11 is 0. The third-order valence-electron chi connectivity index (χ3n) is 5.99. The summed E-state index contributed by atoms with van der Waals surface area (Å²) in [5.41, 5.74) is 0.549. The smallest absolute Gasteiger partial charge is 0.290 e. The molecule has 0 spiro atoms. The second-order valence-electron chi connectivity index (χ2n) is 7.96. The third kappa shape index (κ3) is 3.72. The van der Waals surface area contributed by atoms with E-state index in [2.05, 4.69) is 4.90 Å². The first-order chi connectivity index (χ1) is 15.6. The number of ether oxygens (including phenoxy) is 1. The van der Waals surface area contributed by atoms with Gasteiger partial charge in [-0.3, -0.25) is 14.5 Å². The van der Waals surface area contributed by atoms with Crippen molar-refractivity contribution in [3.05, 3.63) is 71.6 Å². The number of amides is 1. The first-order valence-electron chi connectivity index (χ1n) is 10.7. The number of morpholine rings is 1. The van der Waals surface area contributed by atoms with E-state index < -0.39 is 23.5 Å². The maximum Gasteiger partial charge on any atom is 0.290 e. The van der Waals surface area contributed by atoms with Crippen molar-refractivity contribution >= 4 is 22.7 Å². The summed E-state index contributed by atoms with van der Waals surface area (Å²) in [4.78, 5) is 30.1. The molecule has 1 atom stereocenters. The number of fused-ring (bicyclic) bond motifs is 1. The van der Waals surface area contributed by atoms with E-state index in [0.717, 1.165) is 25.0 Å². The number of furan rings is 2. The highest BCUT2D eigenvalue weighted by atomic mass is 16.5. The molecular formula is C24H24N2O6. The van der Waals surface area contributed by atoms with Gasteiger partial charge in [-0.2, -0.15) is 0 Å².